The largest absolute Gasteiger partial charge is 0.394 e. The van der Waals surface area contributed by atoms with E-state index in [9.17, 15) is 4.79 Å². The van der Waals surface area contributed by atoms with Crippen molar-refractivity contribution in [2.75, 3.05) is 13.2 Å². The van der Waals surface area contributed by atoms with Crippen molar-refractivity contribution in [2.45, 2.75) is 18.3 Å². The van der Waals surface area contributed by atoms with E-state index in [1.807, 2.05) is 0 Å². The molecule has 0 amide bonds. The summed E-state index contributed by atoms with van der Waals surface area (Å²) in [6.07, 6.45) is -4.96. The Morgan fingerprint density at radius 1 is 1.31 bits per heavy atom. The molecule has 0 aliphatic rings. The van der Waals surface area contributed by atoms with Crippen LogP contribution in [0.2, 0.25) is 0 Å². The number of hydrogen-bond acceptors (Lipinski definition) is 6. The van der Waals surface area contributed by atoms with Gasteiger partial charge in [0, 0.05) is 0 Å². The molecule has 0 aromatic heterocycles. The summed E-state index contributed by atoms with van der Waals surface area (Å²) in [6, 6.07) is 0. The van der Waals surface area contributed by atoms with Gasteiger partial charge in [0.25, 0.3) is 0 Å². The second-order valence-electron chi connectivity index (χ2n) is 2.36. The van der Waals surface area contributed by atoms with Gasteiger partial charge in [-0.1, -0.05) is 0 Å². The number of hydrogen-bond donors (Lipinski definition) is 5. The van der Waals surface area contributed by atoms with Crippen molar-refractivity contribution in [1.29, 1.82) is 0 Å². The molecule has 0 aromatic carbocycles. The first-order valence-corrected chi connectivity index (χ1v) is 3.42. The minimum atomic E-state index is -1.74. The Balaban J connectivity index is 0. The Morgan fingerprint density at radius 3 is 2.08 bits per heavy atom. The van der Waals surface area contributed by atoms with Crippen LogP contribution >= 0.6 is 12.4 Å². The molecular weight excluding hydrogens is 202 g/mol. The van der Waals surface area contributed by atoms with Gasteiger partial charge >= 0.3 is 0 Å². The SMILES string of the molecule is Cl.NCC(=O)C(O)C(O)C(O)CO. The number of nitrogens with two attached hydrogens (primary N) is 1. The van der Waals surface area contributed by atoms with Gasteiger partial charge in [-0.2, -0.15) is 0 Å². The maximum absolute atomic E-state index is 10.6. The van der Waals surface area contributed by atoms with Gasteiger partial charge in [0.05, 0.1) is 13.2 Å². The molecule has 0 bridgehead atoms. The van der Waals surface area contributed by atoms with Crippen molar-refractivity contribution < 1.29 is 25.2 Å². The van der Waals surface area contributed by atoms with Gasteiger partial charge in [0.2, 0.25) is 0 Å². The van der Waals surface area contributed by atoms with Crippen molar-refractivity contribution in [3.63, 3.8) is 0 Å². The molecule has 0 saturated carbocycles. The summed E-state index contributed by atoms with van der Waals surface area (Å²) in [4.78, 5) is 10.6. The third-order valence-corrected chi connectivity index (χ3v) is 1.44. The molecule has 13 heavy (non-hydrogen) atoms. The maximum atomic E-state index is 10.6. The van der Waals surface area contributed by atoms with Crippen molar-refractivity contribution >= 4 is 18.2 Å². The zero-order chi connectivity index (χ0) is 9.72. The van der Waals surface area contributed by atoms with Crippen molar-refractivity contribution in [2.24, 2.45) is 5.73 Å². The van der Waals surface area contributed by atoms with Gasteiger partial charge in [-0.25, -0.2) is 0 Å². The van der Waals surface area contributed by atoms with Crippen LogP contribution in [0.5, 0.6) is 0 Å². The van der Waals surface area contributed by atoms with E-state index in [0.717, 1.165) is 0 Å². The molecule has 0 aromatic rings. The maximum Gasteiger partial charge on any atom is 0.177 e. The van der Waals surface area contributed by atoms with Gasteiger partial charge in [-0.05, 0) is 0 Å². The first-order chi connectivity index (χ1) is 5.54. The highest BCUT2D eigenvalue weighted by atomic mass is 35.5. The molecule has 0 radical (unpaired) electrons. The fourth-order valence-corrected chi connectivity index (χ4v) is 0.630. The van der Waals surface area contributed by atoms with E-state index in [-0.39, 0.29) is 12.4 Å². The highest BCUT2D eigenvalue weighted by Crippen LogP contribution is 2.00. The van der Waals surface area contributed by atoms with E-state index in [0.29, 0.717) is 0 Å². The molecule has 0 saturated heterocycles. The molecule has 6 nitrogen and oxygen atoms in total. The Labute approximate surface area is 81.4 Å². The lowest BCUT2D eigenvalue weighted by Crippen LogP contribution is -2.45. The summed E-state index contributed by atoms with van der Waals surface area (Å²) >= 11 is 0. The lowest BCUT2D eigenvalue weighted by atomic mass is 10.1. The molecule has 0 aliphatic heterocycles. The van der Waals surface area contributed by atoms with Crippen LogP contribution in [-0.2, 0) is 4.79 Å². The number of aliphatic hydroxyl groups is 4. The van der Waals surface area contributed by atoms with Gasteiger partial charge in [0.15, 0.2) is 5.78 Å². The van der Waals surface area contributed by atoms with Gasteiger partial charge < -0.3 is 26.2 Å². The van der Waals surface area contributed by atoms with Crippen LogP contribution < -0.4 is 5.73 Å². The van der Waals surface area contributed by atoms with Crippen LogP contribution in [-0.4, -0.2) is 57.7 Å². The fourth-order valence-electron chi connectivity index (χ4n) is 0.630. The quantitative estimate of drug-likeness (QED) is 0.333. The Bertz CT molecular complexity index is 156. The number of halogens is 1. The Hall–Kier alpha value is -0.240. The van der Waals surface area contributed by atoms with E-state index in [1.165, 1.54) is 0 Å². The van der Waals surface area contributed by atoms with E-state index in [2.05, 4.69) is 0 Å². The Morgan fingerprint density at radius 2 is 1.77 bits per heavy atom. The predicted octanol–water partition coefficient (Wildman–Crippen LogP) is -2.99. The lowest BCUT2D eigenvalue weighted by Gasteiger charge is -2.19. The minimum Gasteiger partial charge on any atom is -0.394 e. The lowest BCUT2D eigenvalue weighted by molar-refractivity contribution is -0.138. The fraction of sp³-hybridized carbons (Fsp3) is 0.833. The molecule has 0 fully saturated rings. The first-order valence-electron chi connectivity index (χ1n) is 3.42. The third-order valence-electron chi connectivity index (χ3n) is 1.44. The molecule has 6 N–H and O–H groups in total. The van der Waals surface area contributed by atoms with E-state index in [1.54, 1.807) is 0 Å². The summed E-state index contributed by atoms with van der Waals surface area (Å²) < 4.78 is 0. The summed E-state index contributed by atoms with van der Waals surface area (Å²) in [5, 5.41) is 35.0. The van der Waals surface area contributed by atoms with Crippen molar-refractivity contribution in [1.82, 2.24) is 0 Å². The number of rotatable bonds is 5. The number of aliphatic hydroxyl groups excluding tert-OH is 4. The molecule has 3 unspecified atom stereocenters. The summed E-state index contributed by atoms with van der Waals surface area (Å²) in [5.74, 6) is -0.782. The second kappa shape index (κ2) is 7.19. The van der Waals surface area contributed by atoms with E-state index < -0.39 is 37.2 Å². The van der Waals surface area contributed by atoms with Crippen LogP contribution in [0.3, 0.4) is 0 Å². The summed E-state index contributed by atoms with van der Waals surface area (Å²) in [6.45, 7) is -1.15. The van der Waals surface area contributed by atoms with Gasteiger partial charge in [0.1, 0.15) is 18.3 Å². The van der Waals surface area contributed by atoms with Crippen LogP contribution in [0, 0.1) is 0 Å². The minimum absolute atomic E-state index is 0. The molecule has 0 heterocycles. The smallest absolute Gasteiger partial charge is 0.177 e. The topological polar surface area (TPSA) is 124 Å². The van der Waals surface area contributed by atoms with Crippen molar-refractivity contribution in [3.05, 3.63) is 0 Å². The van der Waals surface area contributed by atoms with Crippen LogP contribution in [0.25, 0.3) is 0 Å². The normalized spacial score (nSPS) is 17.0. The Kier molecular flexibility index (Phi) is 8.43. The monoisotopic (exact) mass is 215 g/mol. The molecule has 80 valence electrons. The zero-order valence-electron chi connectivity index (χ0n) is 6.83. The van der Waals surface area contributed by atoms with Crippen molar-refractivity contribution in [3.8, 4) is 0 Å². The van der Waals surface area contributed by atoms with Crippen LogP contribution in [0.4, 0.5) is 0 Å². The van der Waals surface area contributed by atoms with Crippen LogP contribution in [0.1, 0.15) is 0 Å². The van der Waals surface area contributed by atoms with E-state index in [4.69, 9.17) is 26.2 Å². The molecule has 0 aliphatic carbocycles. The molecular formula is C6H14ClNO5. The molecule has 7 heteroatoms. The molecule has 3 atom stereocenters. The summed E-state index contributed by atoms with van der Waals surface area (Å²) in [7, 11) is 0. The second-order valence-corrected chi connectivity index (χ2v) is 2.36. The average molecular weight is 216 g/mol. The number of carbonyl (C=O) groups is 1. The van der Waals surface area contributed by atoms with Gasteiger partial charge in [-0.3, -0.25) is 4.79 Å². The highest BCUT2D eigenvalue weighted by molar-refractivity contribution is 5.85. The molecule has 0 rings (SSSR count). The summed E-state index contributed by atoms with van der Waals surface area (Å²) in [5.41, 5.74) is 4.89. The predicted molar refractivity (Wildman–Crippen MR) is 46.4 cm³/mol. The number of carbonyl (C=O) groups excluding carboxylic acids is 1. The number of ketones is 1. The zero-order valence-corrected chi connectivity index (χ0v) is 7.65. The standard InChI is InChI=1S/C6H13NO5.ClH/c7-1-3(9)5(11)6(12)4(10)2-8;/h4-6,8,10-12H,1-2,7H2;1H. The third kappa shape index (κ3) is 4.51. The van der Waals surface area contributed by atoms with Crippen LogP contribution in [0.15, 0.2) is 0 Å². The first kappa shape index (κ1) is 15.2. The van der Waals surface area contributed by atoms with Gasteiger partial charge in [-0.15, -0.1) is 12.4 Å². The highest BCUT2D eigenvalue weighted by Gasteiger charge is 2.28. The van der Waals surface area contributed by atoms with E-state index >= 15 is 0 Å². The average Bonchev–Trinajstić information content (AvgIpc) is 2.12. The number of Topliss-reactive ketones (excluding diaryl/α,β-unsaturated/α-hetero) is 1. The molecule has 0 spiro atoms.